The molecule has 10 nitrogen and oxygen atoms in total. The molecule has 30 heavy (non-hydrogen) atoms. The molecular weight excluding hydrogens is 392 g/mol. The third kappa shape index (κ3) is 5.31. The predicted octanol–water partition coefficient (Wildman–Crippen LogP) is 0.411. The Bertz CT molecular complexity index is 990. The molecule has 3 rings (SSSR count). The van der Waals surface area contributed by atoms with Gasteiger partial charge in [0.1, 0.15) is 24.7 Å². The van der Waals surface area contributed by atoms with Gasteiger partial charge in [-0.1, -0.05) is 30.3 Å². The first-order valence-corrected chi connectivity index (χ1v) is 9.33. The van der Waals surface area contributed by atoms with Gasteiger partial charge in [0.05, 0.1) is 5.69 Å². The molecule has 158 valence electrons. The molecule has 2 heterocycles. The van der Waals surface area contributed by atoms with Gasteiger partial charge in [0.25, 0.3) is 5.56 Å². The number of carboxylic acids is 1. The second-order valence-electron chi connectivity index (χ2n) is 6.92. The van der Waals surface area contributed by atoms with Crippen LogP contribution in [0.4, 0.5) is 5.69 Å². The van der Waals surface area contributed by atoms with Gasteiger partial charge in [-0.15, -0.1) is 0 Å². The van der Waals surface area contributed by atoms with Crippen molar-refractivity contribution in [1.82, 2.24) is 15.4 Å². The third-order valence-electron chi connectivity index (χ3n) is 4.60. The average molecular weight is 414 g/mol. The Hall–Kier alpha value is -3.50. The van der Waals surface area contributed by atoms with Crippen molar-refractivity contribution >= 4 is 23.5 Å². The number of carbonyl (C=O) groups is 3. The standard InChI is InChI=1S/C20H22N4O6/c1-12(19(28)22-14-7-8-17(25)24(10-14)11-18(26)27)21-20(29)15-9-16(30-23-15)13-5-3-2-4-6-13/h2-8,10,12,15-16,23H,9,11H2,1H3,(H,21,29)(H,22,28)(H,26,27). The normalized spacial score (nSPS) is 19.1. The molecule has 10 heteroatoms. The number of carboxylic acid groups (broad SMARTS) is 1. The lowest BCUT2D eigenvalue weighted by atomic mass is 10.0. The van der Waals surface area contributed by atoms with Gasteiger partial charge < -0.3 is 20.3 Å². The molecule has 2 aromatic rings. The molecule has 1 fully saturated rings. The first kappa shape index (κ1) is 21.2. The Kier molecular flexibility index (Phi) is 6.60. The number of aliphatic carboxylic acids is 1. The predicted molar refractivity (Wildman–Crippen MR) is 106 cm³/mol. The van der Waals surface area contributed by atoms with E-state index in [0.717, 1.165) is 16.2 Å². The lowest BCUT2D eigenvalue weighted by Crippen LogP contribution is -2.48. The van der Waals surface area contributed by atoms with Crippen LogP contribution in [0.5, 0.6) is 0 Å². The maximum absolute atomic E-state index is 12.5. The number of anilines is 1. The zero-order valence-corrected chi connectivity index (χ0v) is 16.2. The molecule has 3 atom stereocenters. The molecule has 1 aliphatic rings. The summed E-state index contributed by atoms with van der Waals surface area (Å²) >= 11 is 0. The molecule has 1 saturated heterocycles. The van der Waals surface area contributed by atoms with Crippen molar-refractivity contribution < 1.29 is 24.3 Å². The van der Waals surface area contributed by atoms with Crippen LogP contribution in [-0.4, -0.2) is 39.5 Å². The van der Waals surface area contributed by atoms with E-state index in [2.05, 4.69) is 16.1 Å². The van der Waals surface area contributed by atoms with Crippen LogP contribution in [0.3, 0.4) is 0 Å². The van der Waals surface area contributed by atoms with E-state index in [9.17, 15) is 19.2 Å². The molecule has 0 saturated carbocycles. The molecule has 2 amide bonds. The minimum atomic E-state index is -1.18. The Balaban J connectivity index is 1.55. The summed E-state index contributed by atoms with van der Waals surface area (Å²) in [6, 6.07) is 10.5. The van der Waals surface area contributed by atoms with Crippen LogP contribution in [0.1, 0.15) is 25.0 Å². The molecule has 1 aromatic heterocycles. The number of amides is 2. The summed E-state index contributed by atoms with van der Waals surface area (Å²) in [6.45, 7) is 0.996. The summed E-state index contributed by atoms with van der Waals surface area (Å²) in [5, 5.41) is 14.0. The van der Waals surface area contributed by atoms with Gasteiger partial charge in [-0.25, -0.2) is 0 Å². The first-order valence-electron chi connectivity index (χ1n) is 9.33. The molecule has 1 aromatic carbocycles. The Morgan fingerprint density at radius 1 is 1.23 bits per heavy atom. The molecule has 4 N–H and O–H groups in total. The van der Waals surface area contributed by atoms with E-state index in [4.69, 9.17) is 9.94 Å². The first-order chi connectivity index (χ1) is 14.3. The van der Waals surface area contributed by atoms with Gasteiger partial charge in [0.15, 0.2) is 0 Å². The van der Waals surface area contributed by atoms with E-state index in [-0.39, 0.29) is 17.7 Å². The number of benzene rings is 1. The van der Waals surface area contributed by atoms with E-state index in [1.807, 2.05) is 30.3 Å². The molecule has 3 unspecified atom stereocenters. The molecule has 0 radical (unpaired) electrons. The number of hydroxylamine groups is 1. The smallest absolute Gasteiger partial charge is 0.323 e. The van der Waals surface area contributed by atoms with Crippen molar-refractivity contribution in [2.24, 2.45) is 0 Å². The summed E-state index contributed by atoms with van der Waals surface area (Å²) < 4.78 is 0.963. The molecule has 1 aliphatic heterocycles. The zero-order valence-electron chi connectivity index (χ0n) is 16.2. The zero-order chi connectivity index (χ0) is 21.7. The maximum atomic E-state index is 12.5. The summed E-state index contributed by atoms with van der Waals surface area (Å²) in [5.74, 6) is -2.07. The van der Waals surface area contributed by atoms with Crippen molar-refractivity contribution in [3.8, 4) is 0 Å². The summed E-state index contributed by atoms with van der Waals surface area (Å²) in [5.41, 5.74) is 3.38. The number of rotatable bonds is 7. The van der Waals surface area contributed by atoms with Crippen LogP contribution in [0.25, 0.3) is 0 Å². The highest BCUT2D eigenvalue weighted by molar-refractivity contribution is 5.97. The maximum Gasteiger partial charge on any atom is 0.323 e. The van der Waals surface area contributed by atoms with Crippen molar-refractivity contribution in [3.05, 3.63) is 64.6 Å². The van der Waals surface area contributed by atoms with Gasteiger partial charge in [0, 0.05) is 18.7 Å². The quantitative estimate of drug-likeness (QED) is 0.515. The fourth-order valence-corrected chi connectivity index (χ4v) is 3.01. The highest BCUT2D eigenvalue weighted by Crippen LogP contribution is 2.26. The SMILES string of the molecule is CC(NC(=O)C1CC(c2ccccc2)ON1)C(=O)Nc1ccc(=O)n(CC(=O)O)c1. The number of hydrogen-bond donors (Lipinski definition) is 4. The number of pyridine rings is 1. The number of nitrogens with zero attached hydrogens (tertiary/aromatic N) is 1. The van der Waals surface area contributed by atoms with Gasteiger partial charge >= 0.3 is 5.97 Å². The fourth-order valence-electron chi connectivity index (χ4n) is 3.01. The van der Waals surface area contributed by atoms with E-state index in [1.54, 1.807) is 0 Å². The fraction of sp³-hybridized carbons (Fsp3) is 0.300. The van der Waals surface area contributed by atoms with E-state index >= 15 is 0 Å². The van der Waals surface area contributed by atoms with Gasteiger partial charge in [-0.3, -0.25) is 24.0 Å². The van der Waals surface area contributed by atoms with Gasteiger partial charge in [0.2, 0.25) is 11.8 Å². The van der Waals surface area contributed by atoms with Crippen LogP contribution in [0, 0.1) is 0 Å². The minimum absolute atomic E-state index is 0.244. The van der Waals surface area contributed by atoms with E-state index < -0.39 is 36.1 Å². The number of carbonyl (C=O) groups excluding carboxylic acids is 2. The third-order valence-corrected chi connectivity index (χ3v) is 4.60. The number of aromatic nitrogens is 1. The topological polar surface area (TPSA) is 139 Å². The Morgan fingerprint density at radius 3 is 2.67 bits per heavy atom. The van der Waals surface area contributed by atoms with Crippen LogP contribution in [0.2, 0.25) is 0 Å². The number of nitrogens with one attached hydrogen (secondary N) is 3. The van der Waals surface area contributed by atoms with E-state index in [1.165, 1.54) is 19.2 Å². The van der Waals surface area contributed by atoms with Crippen molar-refractivity contribution in [3.63, 3.8) is 0 Å². The second-order valence-corrected chi connectivity index (χ2v) is 6.92. The lowest BCUT2D eigenvalue weighted by molar-refractivity contribution is -0.137. The Morgan fingerprint density at radius 2 is 1.97 bits per heavy atom. The van der Waals surface area contributed by atoms with Gasteiger partial charge in [-0.2, -0.15) is 5.48 Å². The van der Waals surface area contributed by atoms with E-state index in [0.29, 0.717) is 6.42 Å². The highest BCUT2D eigenvalue weighted by atomic mass is 16.7. The molecule has 0 spiro atoms. The summed E-state index contributed by atoms with van der Waals surface area (Å²) in [4.78, 5) is 52.8. The molecule has 0 bridgehead atoms. The summed E-state index contributed by atoms with van der Waals surface area (Å²) in [7, 11) is 0. The Labute approximate surface area is 171 Å². The van der Waals surface area contributed by atoms with Crippen molar-refractivity contribution in [2.75, 3.05) is 5.32 Å². The van der Waals surface area contributed by atoms with Crippen molar-refractivity contribution in [1.29, 1.82) is 0 Å². The monoisotopic (exact) mass is 414 g/mol. The van der Waals surface area contributed by atoms with Crippen LogP contribution in [0.15, 0.2) is 53.5 Å². The van der Waals surface area contributed by atoms with Crippen LogP contribution in [-0.2, 0) is 25.8 Å². The van der Waals surface area contributed by atoms with Crippen LogP contribution >= 0.6 is 0 Å². The molecule has 0 aliphatic carbocycles. The number of hydrogen-bond acceptors (Lipinski definition) is 6. The highest BCUT2D eigenvalue weighted by Gasteiger charge is 2.32. The summed E-state index contributed by atoms with van der Waals surface area (Å²) in [6.07, 6.45) is 1.39. The minimum Gasteiger partial charge on any atom is -0.480 e. The largest absolute Gasteiger partial charge is 0.480 e. The lowest BCUT2D eigenvalue weighted by Gasteiger charge is -2.16. The van der Waals surface area contributed by atoms with Crippen molar-refractivity contribution in [2.45, 2.75) is 38.1 Å². The average Bonchev–Trinajstić information content (AvgIpc) is 3.21. The van der Waals surface area contributed by atoms with Gasteiger partial charge in [-0.05, 0) is 18.6 Å². The van der Waals surface area contributed by atoms with Crippen LogP contribution < -0.4 is 21.7 Å². The molecular formula is C20H22N4O6. The second kappa shape index (κ2) is 9.33.